The molecule has 2 N–H and O–H groups in total. The van der Waals surface area contributed by atoms with Crippen LogP contribution in [0.2, 0.25) is 0 Å². The van der Waals surface area contributed by atoms with Gasteiger partial charge in [-0.05, 0) is 19.9 Å². The van der Waals surface area contributed by atoms with Gasteiger partial charge in [-0.1, -0.05) is 6.07 Å². The summed E-state index contributed by atoms with van der Waals surface area (Å²) in [5, 5.41) is 10.6. The molecule has 2 aromatic rings. The number of aryl methyl sites for hydroxylation is 2. The summed E-state index contributed by atoms with van der Waals surface area (Å²) in [5.74, 6) is -1.48. The second-order valence-corrected chi connectivity index (χ2v) is 5.17. The Kier molecular flexibility index (Phi) is 7.16. The van der Waals surface area contributed by atoms with Crippen molar-refractivity contribution in [2.75, 3.05) is 14.2 Å². The van der Waals surface area contributed by atoms with Crippen molar-refractivity contribution in [1.29, 1.82) is 0 Å². The molecule has 0 aliphatic heterocycles. The lowest BCUT2D eigenvalue weighted by Gasteiger charge is -2.01. The zero-order valence-corrected chi connectivity index (χ0v) is 14.9. The third-order valence-electron chi connectivity index (χ3n) is 3.30. The van der Waals surface area contributed by atoms with E-state index in [-0.39, 0.29) is 16.8 Å². The molecular weight excluding hydrogens is 362 g/mol. The fourth-order valence-corrected chi connectivity index (χ4v) is 1.80. The Balaban J connectivity index is 0.000000277. The van der Waals surface area contributed by atoms with Crippen LogP contribution < -0.4 is 11.1 Å². The van der Waals surface area contributed by atoms with Crippen molar-refractivity contribution < 1.29 is 24.0 Å². The smallest absolute Gasteiger partial charge is 0.361 e. The third-order valence-corrected chi connectivity index (χ3v) is 3.30. The Hall–Kier alpha value is -3.76. The van der Waals surface area contributed by atoms with Crippen LogP contribution in [-0.4, -0.2) is 41.0 Å². The van der Waals surface area contributed by atoms with Gasteiger partial charge >= 0.3 is 17.6 Å². The van der Waals surface area contributed by atoms with E-state index in [1.54, 1.807) is 13.0 Å². The molecule has 11 nitrogen and oxygen atoms in total. The highest BCUT2D eigenvalue weighted by Crippen LogP contribution is 2.15. The van der Waals surface area contributed by atoms with Crippen molar-refractivity contribution in [3.8, 4) is 0 Å². The van der Waals surface area contributed by atoms with E-state index in [0.29, 0.717) is 5.56 Å². The lowest BCUT2D eigenvalue weighted by Crippen LogP contribution is -2.18. The van der Waals surface area contributed by atoms with Gasteiger partial charge in [0, 0.05) is 17.2 Å². The number of rotatable bonds is 3. The fraction of sp³-hybridized carbons (Fsp3) is 0.250. The second-order valence-electron chi connectivity index (χ2n) is 5.17. The molecule has 144 valence electrons. The third kappa shape index (κ3) is 5.36. The summed E-state index contributed by atoms with van der Waals surface area (Å²) < 4.78 is 8.73. The maximum Gasteiger partial charge on any atom is 0.361 e. The minimum Gasteiger partial charge on any atom is -0.464 e. The van der Waals surface area contributed by atoms with Crippen LogP contribution in [0.1, 0.15) is 32.1 Å². The molecule has 0 aliphatic rings. The minimum absolute atomic E-state index is 0.161. The second kappa shape index (κ2) is 9.08. The standard InChI is InChI=1S/C8H8N2O5.C8H9NO3/c1-4-3-5(10(13)14)6(8(12)15-2)9-7(4)11;1-5-3-4-6(8(11)12-2)9-7(5)10/h3H,1-2H3,(H,9,11);3-4H,1-2H3,(H,9,10). The van der Waals surface area contributed by atoms with Gasteiger partial charge in [0.15, 0.2) is 0 Å². The highest BCUT2D eigenvalue weighted by Gasteiger charge is 2.23. The van der Waals surface area contributed by atoms with Crippen LogP contribution in [0.5, 0.6) is 0 Å². The summed E-state index contributed by atoms with van der Waals surface area (Å²) in [6.45, 7) is 3.08. The van der Waals surface area contributed by atoms with Crippen LogP contribution in [0, 0.1) is 24.0 Å². The molecule has 0 aliphatic carbocycles. The summed E-state index contributed by atoms with van der Waals surface area (Å²) in [6.07, 6.45) is 0. The quantitative estimate of drug-likeness (QED) is 0.450. The number of carbonyl (C=O) groups excluding carboxylic acids is 2. The Bertz CT molecular complexity index is 990. The number of nitro groups is 1. The van der Waals surface area contributed by atoms with E-state index in [4.69, 9.17) is 0 Å². The Morgan fingerprint density at radius 3 is 2.00 bits per heavy atom. The molecule has 0 fully saturated rings. The largest absolute Gasteiger partial charge is 0.464 e. The molecule has 0 saturated carbocycles. The number of ether oxygens (including phenoxy) is 2. The van der Waals surface area contributed by atoms with E-state index < -0.39 is 33.8 Å². The molecule has 0 radical (unpaired) electrons. The van der Waals surface area contributed by atoms with Crippen LogP contribution in [0.3, 0.4) is 0 Å². The van der Waals surface area contributed by atoms with Gasteiger partial charge in [0.25, 0.3) is 11.1 Å². The first-order valence-electron chi connectivity index (χ1n) is 7.37. The van der Waals surface area contributed by atoms with Crippen LogP contribution in [0.15, 0.2) is 27.8 Å². The number of nitrogens with zero attached hydrogens (tertiary/aromatic N) is 1. The summed E-state index contributed by atoms with van der Waals surface area (Å²) >= 11 is 0. The highest BCUT2D eigenvalue weighted by molar-refractivity contribution is 5.91. The molecule has 2 aromatic heterocycles. The van der Waals surface area contributed by atoms with E-state index in [0.717, 1.165) is 13.2 Å². The topological polar surface area (TPSA) is 161 Å². The van der Waals surface area contributed by atoms with Crippen molar-refractivity contribution in [2.45, 2.75) is 13.8 Å². The molecule has 27 heavy (non-hydrogen) atoms. The first kappa shape index (κ1) is 21.3. The van der Waals surface area contributed by atoms with Gasteiger partial charge in [0.2, 0.25) is 5.69 Å². The maximum absolute atomic E-state index is 11.1. The summed E-state index contributed by atoms with van der Waals surface area (Å²) in [5.41, 5.74) is -0.832. The Labute approximate surface area is 152 Å². The number of pyridine rings is 2. The normalized spacial score (nSPS) is 9.63. The predicted octanol–water partition coefficient (Wildman–Crippen LogP) is 0.848. The van der Waals surface area contributed by atoms with Gasteiger partial charge in [-0.2, -0.15) is 0 Å². The number of nitrogens with one attached hydrogen (secondary N) is 2. The van der Waals surface area contributed by atoms with Gasteiger partial charge < -0.3 is 19.4 Å². The Morgan fingerprint density at radius 1 is 0.963 bits per heavy atom. The first-order valence-corrected chi connectivity index (χ1v) is 7.37. The molecule has 0 saturated heterocycles. The minimum atomic E-state index is -0.946. The van der Waals surface area contributed by atoms with E-state index in [1.807, 2.05) is 0 Å². The SMILES string of the molecule is COC(=O)c1[nH]c(=O)c(C)cc1[N+](=O)[O-].COC(=O)c1ccc(C)c(=O)[nH]1. The van der Waals surface area contributed by atoms with Gasteiger partial charge in [-0.25, -0.2) is 9.59 Å². The monoisotopic (exact) mass is 379 g/mol. The lowest BCUT2D eigenvalue weighted by atomic mass is 10.2. The van der Waals surface area contributed by atoms with Crippen LogP contribution in [0.25, 0.3) is 0 Å². The van der Waals surface area contributed by atoms with Crippen LogP contribution in [0.4, 0.5) is 5.69 Å². The molecule has 2 rings (SSSR count). The number of hydrogen-bond acceptors (Lipinski definition) is 8. The summed E-state index contributed by atoms with van der Waals surface area (Å²) in [7, 11) is 2.34. The number of H-pyrrole nitrogens is 2. The van der Waals surface area contributed by atoms with Crippen molar-refractivity contribution in [3.63, 3.8) is 0 Å². The van der Waals surface area contributed by atoms with Gasteiger partial charge in [0.1, 0.15) is 5.69 Å². The Morgan fingerprint density at radius 2 is 1.52 bits per heavy atom. The predicted molar refractivity (Wildman–Crippen MR) is 92.9 cm³/mol. The summed E-state index contributed by atoms with van der Waals surface area (Å²) in [4.78, 5) is 58.5. The van der Waals surface area contributed by atoms with Gasteiger partial charge in [-0.3, -0.25) is 19.7 Å². The molecule has 11 heteroatoms. The average molecular weight is 379 g/mol. The summed E-state index contributed by atoms with van der Waals surface area (Å²) in [6, 6.07) is 4.12. The van der Waals surface area contributed by atoms with E-state index >= 15 is 0 Å². The van der Waals surface area contributed by atoms with E-state index in [9.17, 15) is 29.3 Å². The number of carbonyl (C=O) groups is 2. The number of hydrogen-bond donors (Lipinski definition) is 2. The molecule has 0 bridgehead atoms. The van der Waals surface area contributed by atoms with E-state index in [2.05, 4.69) is 19.4 Å². The number of esters is 2. The van der Waals surface area contributed by atoms with Gasteiger partial charge in [0.05, 0.1) is 19.1 Å². The van der Waals surface area contributed by atoms with Crippen molar-refractivity contribution in [3.05, 3.63) is 71.5 Å². The number of aromatic nitrogens is 2. The van der Waals surface area contributed by atoms with Gasteiger partial charge in [-0.15, -0.1) is 0 Å². The van der Waals surface area contributed by atoms with Crippen molar-refractivity contribution in [2.24, 2.45) is 0 Å². The first-order chi connectivity index (χ1) is 12.6. The van der Waals surface area contributed by atoms with Crippen LogP contribution >= 0.6 is 0 Å². The van der Waals surface area contributed by atoms with E-state index in [1.165, 1.54) is 20.1 Å². The molecule has 0 amide bonds. The highest BCUT2D eigenvalue weighted by atomic mass is 16.6. The maximum atomic E-state index is 11.1. The van der Waals surface area contributed by atoms with Crippen LogP contribution in [-0.2, 0) is 9.47 Å². The molecule has 2 heterocycles. The average Bonchev–Trinajstić information content (AvgIpc) is 2.64. The zero-order valence-electron chi connectivity index (χ0n) is 14.9. The zero-order chi connectivity index (χ0) is 20.7. The molecular formula is C16H17N3O8. The number of aromatic amines is 2. The molecule has 0 spiro atoms. The molecule has 0 atom stereocenters. The lowest BCUT2D eigenvalue weighted by molar-refractivity contribution is -0.385. The number of methoxy groups -OCH3 is 2. The van der Waals surface area contributed by atoms with Crippen molar-refractivity contribution >= 4 is 17.6 Å². The fourth-order valence-electron chi connectivity index (χ4n) is 1.80. The molecule has 0 unspecified atom stereocenters. The van der Waals surface area contributed by atoms with Crippen molar-refractivity contribution in [1.82, 2.24) is 9.97 Å². The molecule has 0 aromatic carbocycles.